The van der Waals surface area contributed by atoms with Gasteiger partial charge in [-0.25, -0.2) is 4.79 Å². The van der Waals surface area contributed by atoms with Crippen molar-refractivity contribution in [1.29, 1.82) is 0 Å². The molecule has 0 bridgehead atoms. The van der Waals surface area contributed by atoms with Crippen molar-refractivity contribution in [2.45, 2.75) is 137 Å². The summed E-state index contributed by atoms with van der Waals surface area (Å²) in [5.74, 6) is -0.329. The molecule has 1 aromatic carbocycles. The van der Waals surface area contributed by atoms with Crippen LogP contribution < -0.4 is 10.6 Å². The summed E-state index contributed by atoms with van der Waals surface area (Å²) < 4.78 is 5.49. The molecule has 2 N–H and O–H groups in total. The van der Waals surface area contributed by atoms with Crippen molar-refractivity contribution in [2.75, 3.05) is 0 Å². The first-order chi connectivity index (χ1) is 17.5. The van der Waals surface area contributed by atoms with Crippen molar-refractivity contribution in [3.8, 4) is 0 Å². The molecule has 0 spiro atoms. The molecule has 0 radical (unpaired) electrons. The Morgan fingerprint density at radius 2 is 1.61 bits per heavy atom. The standard InChI is InChI=1S/C31H51N3O4/c1-20(2)18-25(33-29(37)38-31(8,9)10)28(36)34(30(5,6)7)26(24-17-16-21(3)19-22(24)4)27(35)32-23-14-12-11-13-15-23/h16-17,19-20,23,25-26H,11-15,18H2,1-10H3,(H,32,35)(H,33,37). The van der Waals surface area contributed by atoms with Gasteiger partial charge in [-0.15, -0.1) is 0 Å². The van der Waals surface area contributed by atoms with Crippen molar-refractivity contribution >= 4 is 17.9 Å². The number of aryl methyl sites for hydroxylation is 2. The van der Waals surface area contributed by atoms with Gasteiger partial charge < -0.3 is 20.3 Å². The number of nitrogens with zero attached hydrogens (tertiary/aromatic N) is 1. The quantitative estimate of drug-likeness (QED) is 0.410. The van der Waals surface area contributed by atoms with Crippen molar-refractivity contribution in [2.24, 2.45) is 5.92 Å². The number of alkyl carbamates (subject to hydrolysis) is 1. The van der Waals surface area contributed by atoms with Gasteiger partial charge >= 0.3 is 6.09 Å². The van der Waals surface area contributed by atoms with E-state index >= 15 is 0 Å². The fourth-order valence-electron chi connectivity index (χ4n) is 5.21. The van der Waals surface area contributed by atoms with Gasteiger partial charge in [-0.1, -0.05) is 56.9 Å². The summed E-state index contributed by atoms with van der Waals surface area (Å²) in [4.78, 5) is 42.9. The molecule has 2 rings (SSSR count). The molecule has 7 nitrogen and oxygen atoms in total. The molecule has 1 aromatic rings. The van der Waals surface area contributed by atoms with Crippen LogP contribution in [0.5, 0.6) is 0 Å². The predicted octanol–water partition coefficient (Wildman–Crippen LogP) is 6.36. The second-order valence-corrected chi connectivity index (χ2v) is 13.3. The van der Waals surface area contributed by atoms with Gasteiger partial charge in [0, 0.05) is 11.6 Å². The molecule has 0 heterocycles. The van der Waals surface area contributed by atoms with Gasteiger partial charge in [-0.05, 0) is 91.7 Å². The molecule has 38 heavy (non-hydrogen) atoms. The highest BCUT2D eigenvalue weighted by atomic mass is 16.6. The third kappa shape index (κ3) is 9.32. The molecule has 214 valence electrons. The number of amides is 3. The van der Waals surface area contributed by atoms with Crippen LogP contribution in [-0.2, 0) is 14.3 Å². The van der Waals surface area contributed by atoms with E-state index in [0.29, 0.717) is 6.42 Å². The molecule has 0 aromatic heterocycles. The van der Waals surface area contributed by atoms with Gasteiger partial charge in [0.25, 0.3) is 0 Å². The van der Waals surface area contributed by atoms with Gasteiger partial charge in [-0.2, -0.15) is 0 Å². The Hall–Kier alpha value is -2.57. The molecule has 1 saturated carbocycles. The fourth-order valence-corrected chi connectivity index (χ4v) is 5.21. The van der Waals surface area contributed by atoms with Gasteiger partial charge in [-0.3, -0.25) is 9.59 Å². The number of nitrogens with one attached hydrogen (secondary N) is 2. The number of carbonyl (C=O) groups is 3. The normalized spacial score (nSPS) is 16.5. The van der Waals surface area contributed by atoms with Crippen LogP contribution in [0.1, 0.15) is 117 Å². The Balaban J connectivity index is 2.56. The zero-order chi connectivity index (χ0) is 28.8. The lowest BCUT2D eigenvalue weighted by molar-refractivity contribution is -0.149. The van der Waals surface area contributed by atoms with Crippen LogP contribution in [0.15, 0.2) is 18.2 Å². The molecule has 1 aliphatic carbocycles. The summed E-state index contributed by atoms with van der Waals surface area (Å²) in [5.41, 5.74) is 1.45. The average molecular weight is 530 g/mol. The first kappa shape index (κ1) is 31.6. The largest absolute Gasteiger partial charge is 0.444 e. The molecule has 7 heteroatoms. The molecule has 3 amide bonds. The topological polar surface area (TPSA) is 87.7 Å². The van der Waals surface area contributed by atoms with Crippen LogP contribution in [0.25, 0.3) is 0 Å². The number of hydrogen-bond acceptors (Lipinski definition) is 4. The number of rotatable bonds is 8. The van der Waals surface area contributed by atoms with Crippen LogP contribution >= 0.6 is 0 Å². The minimum atomic E-state index is -0.834. The van der Waals surface area contributed by atoms with Crippen LogP contribution in [0.4, 0.5) is 4.79 Å². The van der Waals surface area contributed by atoms with E-state index in [4.69, 9.17) is 4.74 Å². The predicted molar refractivity (Wildman–Crippen MR) is 153 cm³/mol. The molecule has 0 aliphatic heterocycles. The number of ether oxygens (including phenoxy) is 1. The molecule has 2 atom stereocenters. The van der Waals surface area contributed by atoms with Gasteiger partial charge in [0.2, 0.25) is 11.8 Å². The second kappa shape index (κ2) is 13.0. The highest BCUT2D eigenvalue weighted by Crippen LogP contribution is 2.33. The Bertz CT molecular complexity index is 968. The fraction of sp³-hybridized carbons (Fsp3) is 0.710. The lowest BCUT2D eigenvalue weighted by atomic mass is 9.90. The summed E-state index contributed by atoms with van der Waals surface area (Å²) in [6.07, 6.45) is 5.06. The van der Waals surface area contributed by atoms with Crippen molar-refractivity contribution in [1.82, 2.24) is 15.5 Å². The SMILES string of the molecule is Cc1ccc(C(C(=O)NC2CCCCC2)N(C(=O)C(CC(C)C)NC(=O)OC(C)(C)C)C(C)(C)C)c(C)c1. The minimum Gasteiger partial charge on any atom is -0.444 e. The highest BCUT2D eigenvalue weighted by Gasteiger charge is 2.43. The van der Waals surface area contributed by atoms with E-state index in [-0.39, 0.29) is 23.8 Å². The number of hydrogen-bond donors (Lipinski definition) is 2. The molecular weight excluding hydrogens is 478 g/mol. The lowest BCUT2D eigenvalue weighted by Gasteiger charge is -2.44. The van der Waals surface area contributed by atoms with Crippen molar-refractivity contribution in [3.63, 3.8) is 0 Å². The average Bonchev–Trinajstić information content (AvgIpc) is 2.75. The van der Waals surface area contributed by atoms with Crippen LogP contribution in [0.3, 0.4) is 0 Å². The third-order valence-corrected chi connectivity index (χ3v) is 6.83. The zero-order valence-corrected chi connectivity index (χ0v) is 25.4. The van der Waals surface area contributed by atoms with Crippen molar-refractivity contribution in [3.05, 3.63) is 34.9 Å². The van der Waals surface area contributed by atoms with E-state index in [2.05, 4.69) is 10.6 Å². The summed E-state index contributed by atoms with van der Waals surface area (Å²) in [5, 5.41) is 6.10. The molecule has 1 fully saturated rings. The van der Waals surface area contributed by atoms with Gasteiger partial charge in [0.1, 0.15) is 17.7 Å². The monoisotopic (exact) mass is 529 g/mol. The minimum absolute atomic E-state index is 0.104. The van der Waals surface area contributed by atoms with Gasteiger partial charge in [0.05, 0.1) is 0 Å². The zero-order valence-electron chi connectivity index (χ0n) is 25.4. The summed E-state index contributed by atoms with van der Waals surface area (Å²) in [7, 11) is 0. The number of benzene rings is 1. The first-order valence-corrected chi connectivity index (χ1v) is 14.2. The van der Waals surface area contributed by atoms with E-state index in [1.807, 2.05) is 66.7 Å². The molecule has 0 saturated heterocycles. The van der Waals surface area contributed by atoms with E-state index < -0.39 is 29.3 Å². The third-order valence-electron chi connectivity index (χ3n) is 6.83. The van der Waals surface area contributed by atoms with E-state index in [0.717, 1.165) is 42.4 Å². The number of carbonyl (C=O) groups excluding carboxylic acids is 3. The van der Waals surface area contributed by atoms with E-state index in [1.54, 1.807) is 25.7 Å². The maximum absolute atomic E-state index is 14.4. The van der Waals surface area contributed by atoms with Crippen LogP contribution in [0, 0.1) is 19.8 Å². The Kier molecular flexibility index (Phi) is 10.8. The Labute approximate surface area is 230 Å². The molecule has 2 unspecified atom stereocenters. The smallest absolute Gasteiger partial charge is 0.408 e. The summed E-state index contributed by atoms with van der Waals surface area (Å²) >= 11 is 0. The van der Waals surface area contributed by atoms with E-state index in [1.165, 1.54) is 6.42 Å². The maximum atomic E-state index is 14.4. The van der Waals surface area contributed by atoms with E-state index in [9.17, 15) is 14.4 Å². The second-order valence-electron chi connectivity index (χ2n) is 13.3. The summed E-state index contributed by atoms with van der Waals surface area (Å²) in [6.45, 7) is 19.2. The lowest BCUT2D eigenvalue weighted by Crippen LogP contribution is -2.59. The molecule has 1 aliphatic rings. The van der Waals surface area contributed by atoms with Crippen LogP contribution in [0.2, 0.25) is 0 Å². The molecular formula is C31H51N3O4. The van der Waals surface area contributed by atoms with Crippen LogP contribution in [-0.4, -0.2) is 46.0 Å². The highest BCUT2D eigenvalue weighted by molar-refractivity contribution is 5.93. The first-order valence-electron chi connectivity index (χ1n) is 14.2. The van der Waals surface area contributed by atoms with Crippen molar-refractivity contribution < 1.29 is 19.1 Å². The van der Waals surface area contributed by atoms with Gasteiger partial charge in [0.15, 0.2) is 0 Å². The Morgan fingerprint density at radius 3 is 2.11 bits per heavy atom. The maximum Gasteiger partial charge on any atom is 0.408 e. The summed E-state index contributed by atoms with van der Waals surface area (Å²) in [6, 6.07) is 4.43. The Morgan fingerprint density at radius 1 is 1.00 bits per heavy atom.